The number of hydrogen-bond donors (Lipinski definition) is 2. The Kier molecular flexibility index (Phi) is 7.51. The fourth-order valence-corrected chi connectivity index (χ4v) is 6.65. The number of carbonyl (C=O) groups excluding carboxylic acids is 2. The minimum absolute atomic E-state index is 0.0816. The van der Waals surface area contributed by atoms with E-state index in [1.54, 1.807) is 0 Å². The maximum absolute atomic E-state index is 12.3. The number of hydrogen-bond acceptors (Lipinski definition) is 6. The highest BCUT2D eigenvalue weighted by molar-refractivity contribution is 7.74. The fraction of sp³-hybridized carbons (Fsp3) is 0.739. The molecule has 1 aliphatic heterocycles. The van der Waals surface area contributed by atoms with Gasteiger partial charge in [-0.05, 0) is 60.7 Å². The Morgan fingerprint density at radius 1 is 1.41 bits per heavy atom. The zero-order valence-corrected chi connectivity index (χ0v) is 20.2. The van der Waals surface area contributed by atoms with Gasteiger partial charge in [0.05, 0.1) is 25.3 Å². The number of carbonyl (C=O) groups is 2. The van der Waals surface area contributed by atoms with Crippen LogP contribution in [-0.4, -0.2) is 47.2 Å². The second-order valence-electron chi connectivity index (χ2n) is 9.91. The van der Waals surface area contributed by atoms with Gasteiger partial charge in [0.25, 0.3) is 0 Å². The van der Waals surface area contributed by atoms with E-state index in [0.29, 0.717) is 17.9 Å². The molecule has 0 aromatic heterocycles. The molecule has 0 bridgehead atoms. The first kappa shape index (κ1) is 24.9. The van der Waals surface area contributed by atoms with Gasteiger partial charge in [0.15, 0.2) is 0 Å². The van der Waals surface area contributed by atoms with Crippen molar-refractivity contribution in [3.8, 4) is 0 Å². The van der Waals surface area contributed by atoms with Crippen molar-refractivity contribution in [1.29, 1.82) is 0 Å². The van der Waals surface area contributed by atoms with E-state index in [0.717, 1.165) is 31.3 Å². The summed E-state index contributed by atoms with van der Waals surface area (Å²) >= 11 is -2.29. The number of fused-ring (bicyclic) bond motifs is 1. The molecular weight excluding hydrogens is 434 g/mol. The lowest BCUT2D eigenvalue weighted by atomic mass is 9.44. The van der Waals surface area contributed by atoms with Gasteiger partial charge in [-0.25, -0.2) is 9.59 Å². The van der Waals surface area contributed by atoms with Crippen LogP contribution in [0.3, 0.4) is 0 Å². The SMILES string of the molecule is C=C1CC[C@@H]2[C@](C)(COS(=O)O)[C@H](C)CC[C@@]2(C)[C@@H]1C/C=C1/C(=O)OC[C@H]1NC(=O)OC. The van der Waals surface area contributed by atoms with E-state index in [1.807, 2.05) is 6.08 Å². The van der Waals surface area contributed by atoms with E-state index in [-0.39, 0.29) is 35.9 Å². The Morgan fingerprint density at radius 3 is 2.78 bits per heavy atom. The highest BCUT2D eigenvalue weighted by atomic mass is 32.2. The molecule has 0 aromatic carbocycles. The molecule has 180 valence electrons. The van der Waals surface area contributed by atoms with Gasteiger partial charge in [-0.2, -0.15) is 4.21 Å². The molecule has 0 aromatic rings. The van der Waals surface area contributed by atoms with Crippen LogP contribution in [0.4, 0.5) is 4.79 Å². The van der Waals surface area contributed by atoms with Gasteiger partial charge in [0.1, 0.15) is 6.61 Å². The lowest BCUT2D eigenvalue weighted by molar-refractivity contribution is -0.135. The summed E-state index contributed by atoms with van der Waals surface area (Å²) in [5.41, 5.74) is 1.29. The summed E-state index contributed by atoms with van der Waals surface area (Å²) in [6, 6.07) is -0.528. The maximum Gasteiger partial charge on any atom is 0.407 e. The van der Waals surface area contributed by atoms with Crippen LogP contribution in [0, 0.1) is 28.6 Å². The summed E-state index contributed by atoms with van der Waals surface area (Å²) in [6.45, 7) is 11.3. The molecular formula is C23H35NO7S. The van der Waals surface area contributed by atoms with Crippen molar-refractivity contribution in [2.75, 3.05) is 20.3 Å². The maximum atomic E-state index is 12.3. The monoisotopic (exact) mass is 469 g/mol. The molecule has 2 N–H and O–H groups in total. The van der Waals surface area contributed by atoms with Crippen molar-refractivity contribution in [1.82, 2.24) is 5.32 Å². The van der Waals surface area contributed by atoms with Crippen LogP contribution >= 0.6 is 0 Å². The number of alkyl carbamates (subject to hydrolysis) is 1. The van der Waals surface area contributed by atoms with Crippen molar-refractivity contribution in [2.45, 2.75) is 58.9 Å². The molecule has 3 fully saturated rings. The quantitative estimate of drug-likeness (QED) is 0.264. The van der Waals surface area contributed by atoms with Gasteiger partial charge in [-0.3, -0.25) is 8.74 Å². The summed E-state index contributed by atoms with van der Waals surface area (Å²) in [6.07, 6.45) is 5.72. The second-order valence-corrected chi connectivity index (χ2v) is 10.6. The molecule has 0 radical (unpaired) electrons. The third kappa shape index (κ3) is 4.65. The van der Waals surface area contributed by atoms with Crippen LogP contribution in [0.15, 0.2) is 23.8 Å². The average Bonchev–Trinajstić information content (AvgIpc) is 3.08. The third-order valence-corrected chi connectivity index (χ3v) is 8.71. The Bertz CT molecular complexity index is 827. The minimum atomic E-state index is -2.29. The smallest absolute Gasteiger partial charge is 0.407 e. The summed E-state index contributed by atoms with van der Waals surface area (Å²) < 4.78 is 35.5. The molecule has 1 saturated heterocycles. The summed E-state index contributed by atoms with van der Waals surface area (Å²) in [5, 5.41) is 2.65. The Labute approximate surface area is 192 Å². The first-order valence-electron chi connectivity index (χ1n) is 11.2. The third-order valence-electron chi connectivity index (χ3n) is 8.39. The highest BCUT2D eigenvalue weighted by Crippen LogP contribution is 2.63. The number of rotatable bonds is 6. The molecule has 1 amide bonds. The molecule has 9 heteroatoms. The number of ether oxygens (including phenoxy) is 2. The summed E-state index contributed by atoms with van der Waals surface area (Å²) in [5.74, 6) is 0.367. The van der Waals surface area contributed by atoms with Gasteiger partial charge in [-0.1, -0.05) is 39.0 Å². The first-order valence-corrected chi connectivity index (χ1v) is 12.2. The Morgan fingerprint density at radius 2 is 2.12 bits per heavy atom. The van der Waals surface area contributed by atoms with Crippen LogP contribution in [0.2, 0.25) is 0 Å². The lowest BCUT2D eigenvalue weighted by Gasteiger charge is -2.60. The van der Waals surface area contributed by atoms with Gasteiger partial charge in [0, 0.05) is 0 Å². The molecule has 32 heavy (non-hydrogen) atoms. The standard InChI is InChI=1S/C23H35NO7S/c1-14-6-9-19-22(3,11-10-15(2)23(19,4)13-31-32(27)28)17(14)8-7-16-18(12-30-20(16)25)24-21(26)29-5/h7,15,17-19H,1,6,8-13H2,2-5H3,(H,24,26)(H,27,28)/b16-7+/t15-,17-,18-,19+,22+,23-/m1/s1. The summed E-state index contributed by atoms with van der Waals surface area (Å²) in [7, 11) is 1.28. The predicted octanol–water partition coefficient (Wildman–Crippen LogP) is 3.76. The average molecular weight is 470 g/mol. The van der Waals surface area contributed by atoms with Crippen LogP contribution in [0.1, 0.15) is 52.9 Å². The number of cyclic esters (lactones) is 1. The van der Waals surface area contributed by atoms with E-state index < -0.39 is 29.5 Å². The topological polar surface area (TPSA) is 111 Å². The van der Waals surface area contributed by atoms with Crippen molar-refractivity contribution >= 4 is 23.4 Å². The van der Waals surface area contributed by atoms with E-state index >= 15 is 0 Å². The van der Waals surface area contributed by atoms with Crippen molar-refractivity contribution in [3.63, 3.8) is 0 Å². The molecule has 1 heterocycles. The van der Waals surface area contributed by atoms with E-state index in [1.165, 1.54) is 7.11 Å². The van der Waals surface area contributed by atoms with Crippen LogP contribution in [0.25, 0.3) is 0 Å². The van der Waals surface area contributed by atoms with Gasteiger partial charge in [-0.15, -0.1) is 0 Å². The van der Waals surface area contributed by atoms with Crippen molar-refractivity contribution in [3.05, 3.63) is 23.8 Å². The molecule has 0 spiro atoms. The zero-order valence-electron chi connectivity index (χ0n) is 19.3. The minimum Gasteiger partial charge on any atom is -0.460 e. The van der Waals surface area contributed by atoms with Crippen LogP contribution < -0.4 is 5.32 Å². The second kappa shape index (κ2) is 9.65. The molecule has 2 saturated carbocycles. The molecule has 3 aliphatic rings. The largest absolute Gasteiger partial charge is 0.460 e. The van der Waals surface area contributed by atoms with Gasteiger partial charge >= 0.3 is 23.4 Å². The lowest BCUT2D eigenvalue weighted by Crippen LogP contribution is -2.55. The predicted molar refractivity (Wildman–Crippen MR) is 120 cm³/mol. The highest BCUT2D eigenvalue weighted by Gasteiger charge is 2.57. The molecule has 1 unspecified atom stereocenters. The van der Waals surface area contributed by atoms with E-state index in [4.69, 9.17) is 8.92 Å². The van der Waals surface area contributed by atoms with E-state index in [9.17, 15) is 18.4 Å². The Balaban J connectivity index is 1.85. The fourth-order valence-electron chi connectivity index (χ4n) is 6.30. The molecule has 8 nitrogen and oxygen atoms in total. The first-order chi connectivity index (χ1) is 15.0. The van der Waals surface area contributed by atoms with Crippen LogP contribution in [-0.2, 0) is 29.8 Å². The Hall–Kier alpha value is -1.71. The molecule has 3 rings (SSSR count). The normalized spacial score (nSPS) is 39.3. The number of esters is 1. The number of nitrogens with one attached hydrogen (secondary N) is 1. The zero-order chi connectivity index (χ0) is 23.7. The number of methoxy groups -OCH3 is 1. The summed E-state index contributed by atoms with van der Waals surface area (Å²) in [4.78, 5) is 23.9. The number of allylic oxidation sites excluding steroid dienone is 2. The van der Waals surface area contributed by atoms with Gasteiger partial charge < -0.3 is 14.8 Å². The van der Waals surface area contributed by atoms with Gasteiger partial charge in [0.2, 0.25) is 0 Å². The van der Waals surface area contributed by atoms with Crippen LogP contribution in [0.5, 0.6) is 0 Å². The van der Waals surface area contributed by atoms with Crippen molar-refractivity contribution < 1.29 is 32.0 Å². The van der Waals surface area contributed by atoms with E-state index in [2.05, 4.69) is 37.4 Å². The molecule has 7 atom stereocenters. The van der Waals surface area contributed by atoms with Crippen molar-refractivity contribution in [2.24, 2.45) is 28.6 Å². The number of amides is 1. The molecule has 2 aliphatic carbocycles.